The molecule has 0 heterocycles. The molecule has 3 amide bonds. The molecule has 0 aliphatic rings. The molecule has 0 fully saturated rings. The van der Waals surface area contributed by atoms with Gasteiger partial charge in [-0.2, -0.15) is 0 Å². The third-order valence-electron chi connectivity index (χ3n) is 3.27. The number of carbonyl (C=O) groups excluding carboxylic acids is 3. The minimum absolute atomic E-state index is 0.168. The SMILES string of the molecule is CC(=O)Nc1ccc(C(=O)NCCNC(=O)c2ccc(Br)cc2)cc1. The van der Waals surface area contributed by atoms with E-state index in [4.69, 9.17) is 0 Å². The predicted molar refractivity (Wildman–Crippen MR) is 99.6 cm³/mol. The first kappa shape index (κ1) is 18.7. The highest BCUT2D eigenvalue weighted by atomic mass is 79.9. The van der Waals surface area contributed by atoms with Crippen molar-refractivity contribution in [2.75, 3.05) is 18.4 Å². The zero-order valence-corrected chi connectivity index (χ0v) is 15.2. The summed E-state index contributed by atoms with van der Waals surface area (Å²) in [6.45, 7) is 2.06. The van der Waals surface area contributed by atoms with Gasteiger partial charge in [0.25, 0.3) is 11.8 Å². The van der Waals surface area contributed by atoms with Crippen LogP contribution in [0.5, 0.6) is 0 Å². The van der Waals surface area contributed by atoms with E-state index in [1.807, 2.05) is 0 Å². The van der Waals surface area contributed by atoms with Crippen LogP contribution >= 0.6 is 15.9 Å². The monoisotopic (exact) mass is 403 g/mol. The summed E-state index contributed by atoms with van der Waals surface area (Å²) in [4.78, 5) is 34.9. The minimum atomic E-state index is -0.243. The average Bonchev–Trinajstić information content (AvgIpc) is 2.59. The molecular formula is C18H18BrN3O3. The van der Waals surface area contributed by atoms with Crippen LogP contribution in [0.3, 0.4) is 0 Å². The Morgan fingerprint density at radius 2 is 1.24 bits per heavy atom. The quantitative estimate of drug-likeness (QED) is 0.647. The summed E-state index contributed by atoms with van der Waals surface area (Å²) in [7, 11) is 0. The molecule has 0 spiro atoms. The van der Waals surface area contributed by atoms with Gasteiger partial charge in [-0.25, -0.2) is 0 Å². The van der Waals surface area contributed by atoms with Crippen molar-refractivity contribution >= 4 is 39.3 Å². The van der Waals surface area contributed by atoms with Crippen LogP contribution in [0.2, 0.25) is 0 Å². The highest BCUT2D eigenvalue weighted by molar-refractivity contribution is 9.10. The van der Waals surface area contributed by atoms with Gasteiger partial charge in [0.2, 0.25) is 5.91 Å². The number of anilines is 1. The lowest BCUT2D eigenvalue weighted by molar-refractivity contribution is -0.114. The maximum absolute atomic E-state index is 12.0. The van der Waals surface area contributed by atoms with E-state index < -0.39 is 0 Å². The van der Waals surface area contributed by atoms with Gasteiger partial charge in [-0.3, -0.25) is 14.4 Å². The zero-order chi connectivity index (χ0) is 18.2. The molecule has 2 aromatic carbocycles. The van der Waals surface area contributed by atoms with Gasteiger partial charge in [0.15, 0.2) is 0 Å². The first-order chi connectivity index (χ1) is 12.0. The van der Waals surface area contributed by atoms with Crippen LogP contribution in [0.4, 0.5) is 5.69 Å². The van der Waals surface area contributed by atoms with Crippen LogP contribution < -0.4 is 16.0 Å². The maximum Gasteiger partial charge on any atom is 0.251 e. The molecule has 0 bridgehead atoms. The Bertz CT molecular complexity index is 758. The fraction of sp³-hybridized carbons (Fsp3) is 0.167. The van der Waals surface area contributed by atoms with E-state index in [9.17, 15) is 14.4 Å². The van der Waals surface area contributed by atoms with Gasteiger partial charge in [-0.1, -0.05) is 15.9 Å². The number of rotatable bonds is 6. The van der Waals surface area contributed by atoms with Crippen LogP contribution in [0.15, 0.2) is 53.0 Å². The molecule has 0 aromatic heterocycles. The Morgan fingerprint density at radius 3 is 1.68 bits per heavy atom. The molecule has 25 heavy (non-hydrogen) atoms. The van der Waals surface area contributed by atoms with E-state index >= 15 is 0 Å². The van der Waals surface area contributed by atoms with Crippen molar-refractivity contribution in [2.24, 2.45) is 0 Å². The second-order valence-electron chi connectivity index (χ2n) is 5.28. The minimum Gasteiger partial charge on any atom is -0.350 e. The number of benzene rings is 2. The smallest absolute Gasteiger partial charge is 0.251 e. The van der Waals surface area contributed by atoms with Crippen LogP contribution in [0, 0.1) is 0 Å². The topological polar surface area (TPSA) is 87.3 Å². The van der Waals surface area contributed by atoms with Crippen molar-refractivity contribution in [3.05, 3.63) is 64.1 Å². The summed E-state index contributed by atoms with van der Waals surface area (Å²) >= 11 is 3.31. The lowest BCUT2D eigenvalue weighted by Gasteiger charge is -2.08. The van der Waals surface area contributed by atoms with Crippen molar-refractivity contribution in [1.82, 2.24) is 10.6 Å². The molecule has 3 N–H and O–H groups in total. The first-order valence-electron chi connectivity index (χ1n) is 7.65. The second kappa shape index (κ2) is 8.98. The van der Waals surface area contributed by atoms with Gasteiger partial charge >= 0.3 is 0 Å². The fourth-order valence-corrected chi connectivity index (χ4v) is 2.33. The molecule has 6 nitrogen and oxygen atoms in total. The molecule has 0 saturated carbocycles. The average molecular weight is 404 g/mol. The molecule has 0 atom stereocenters. The molecule has 0 unspecified atom stereocenters. The Labute approximate surface area is 154 Å². The van der Waals surface area contributed by atoms with Crippen molar-refractivity contribution in [3.63, 3.8) is 0 Å². The van der Waals surface area contributed by atoms with Crippen LogP contribution in [-0.4, -0.2) is 30.8 Å². The van der Waals surface area contributed by atoms with Gasteiger partial charge in [0.05, 0.1) is 0 Å². The standard InChI is InChI=1S/C18H18BrN3O3/c1-12(23)22-16-8-4-14(5-9-16)18(25)21-11-10-20-17(24)13-2-6-15(19)7-3-13/h2-9H,10-11H2,1H3,(H,20,24)(H,21,25)(H,22,23). The predicted octanol–water partition coefficient (Wildman–Crippen LogP) is 2.57. The van der Waals surface area contributed by atoms with E-state index in [0.29, 0.717) is 29.9 Å². The molecule has 7 heteroatoms. The summed E-state index contributed by atoms with van der Waals surface area (Å²) < 4.78 is 0.904. The van der Waals surface area contributed by atoms with E-state index in [-0.39, 0.29) is 17.7 Å². The molecule has 2 rings (SSSR count). The fourth-order valence-electron chi connectivity index (χ4n) is 2.07. The molecule has 0 aliphatic carbocycles. The molecule has 130 valence electrons. The summed E-state index contributed by atoms with van der Waals surface area (Å²) in [6.07, 6.45) is 0. The Hall–Kier alpha value is -2.67. The van der Waals surface area contributed by atoms with E-state index in [0.717, 1.165) is 4.47 Å². The van der Waals surface area contributed by atoms with E-state index in [1.165, 1.54) is 6.92 Å². The van der Waals surface area contributed by atoms with Gasteiger partial charge in [0.1, 0.15) is 0 Å². The molecule has 0 saturated heterocycles. The molecule has 0 radical (unpaired) electrons. The third-order valence-corrected chi connectivity index (χ3v) is 3.80. The Kier molecular flexibility index (Phi) is 6.71. The van der Waals surface area contributed by atoms with Crippen molar-refractivity contribution in [3.8, 4) is 0 Å². The third kappa shape index (κ3) is 6.04. The van der Waals surface area contributed by atoms with Gasteiger partial charge in [-0.15, -0.1) is 0 Å². The molecular weight excluding hydrogens is 386 g/mol. The van der Waals surface area contributed by atoms with Crippen LogP contribution in [0.1, 0.15) is 27.6 Å². The number of amides is 3. The summed E-state index contributed by atoms with van der Waals surface area (Å²) in [5.41, 5.74) is 1.67. The number of nitrogens with one attached hydrogen (secondary N) is 3. The number of hydrogen-bond acceptors (Lipinski definition) is 3. The molecule has 2 aromatic rings. The Balaban J connectivity index is 1.75. The lowest BCUT2D eigenvalue weighted by atomic mass is 10.2. The van der Waals surface area contributed by atoms with Crippen LogP contribution in [-0.2, 0) is 4.79 Å². The van der Waals surface area contributed by atoms with E-state index in [1.54, 1.807) is 48.5 Å². The zero-order valence-electron chi connectivity index (χ0n) is 13.6. The van der Waals surface area contributed by atoms with Crippen LogP contribution in [0.25, 0.3) is 0 Å². The van der Waals surface area contributed by atoms with Gasteiger partial charge < -0.3 is 16.0 Å². The van der Waals surface area contributed by atoms with Crippen molar-refractivity contribution < 1.29 is 14.4 Å². The maximum atomic E-state index is 12.0. The summed E-state index contributed by atoms with van der Waals surface area (Å²) in [5, 5.41) is 8.10. The van der Waals surface area contributed by atoms with Gasteiger partial charge in [-0.05, 0) is 48.5 Å². The summed E-state index contributed by atoms with van der Waals surface area (Å²) in [6, 6.07) is 13.6. The second-order valence-corrected chi connectivity index (χ2v) is 6.19. The number of halogens is 1. The largest absolute Gasteiger partial charge is 0.350 e. The van der Waals surface area contributed by atoms with Crippen molar-refractivity contribution in [2.45, 2.75) is 6.92 Å². The number of carbonyl (C=O) groups is 3. The van der Waals surface area contributed by atoms with E-state index in [2.05, 4.69) is 31.9 Å². The highest BCUT2D eigenvalue weighted by Gasteiger charge is 2.07. The first-order valence-corrected chi connectivity index (χ1v) is 8.44. The van der Waals surface area contributed by atoms with Crippen molar-refractivity contribution in [1.29, 1.82) is 0 Å². The highest BCUT2D eigenvalue weighted by Crippen LogP contribution is 2.10. The normalized spacial score (nSPS) is 10.0. The van der Waals surface area contributed by atoms with Gasteiger partial charge in [0, 0.05) is 41.3 Å². The lowest BCUT2D eigenvalue weighted by Crippen LogP contribution is -2.34. The molecule has 0 aliphatic heterocycles. The Morgan fingerprint density at radius 1 is 0.800 bits per heavy atom. The number of hydrogen-bond donors (Lipinski definition) is 3. The summed E-state index contributed by atoms with van der Waals surface area (Å²) in [5.74, 6) is -0.604.